The number of aromatic nitrogens is 1. The standard InChI is InChI=1S/C19H15F3N2O2/c1-11-7-13-8-12(5-6-16(13)24-18(11)26)9-17(25)23-15-4-2-3-14(10-15)19(20,21)22/h2-8,10H,9H2,1H3,(H,23,25)(H,24,26). The Morgan fingerprint density at radius 2 is 1.88 bits per heavy atom. The van der Waals surface area contributed by atoms with Crippen LogP contribution in [0.2, 0.25) is 0 Å². The van der Waals surface area contributed by atoms with Gasteiger partial charge in [-0.3, -0.25) is 9.59 Å². The lowest BCUT2D eigenvalue weighted by Crippen LogP contribution is -2.15. The molecule has 0 radical (unpaired) electrons. The highest BCUT2D eigenvalue weighted by Gasteiger charge is 2.30. The van der Waals surface area contributed by atoms with Gasteiger partial charge >= 0.3 is 6.18 Å². The van der Waals surface area contributed by atoms with E-state index >= 15 is 0 Å². The normalized spacial score (nSPS) is 11.5. The number of amides is 1. The van der Waals surface area contributed by atoms with E-state index in [1.807, 2.05) is 0 Å². The van der Waals surface area contributed by atoms with E-state index in [1.54, 1.807) is 31.2 Å². The number of fused-ring (bicyclic) bond motifs is 1. The molecular weight excluding hydrogens is 345 g/mol. The Hall–Kier alpha value is -3.09. The molecule has 7 heteroatoms. The van der Waals surface area contributed by atoms with Crippen LogP contribution in [0.25, 0.3) is 10.9 Å². The number of H-pyrrole nitrogens is 1. The Labute approximate surface area is 146 Å². The summed E-state index contributed by atoms with van der Waals surface area (Å²) in [6, 6.07) is 11.4. The molecule has 2 aromatic carbocycles. The summed E-state index contributed by atoms with van der Waals surface area (Å²) < 4.78 is 38.2. The third-order valence-electron chi connectivity index (χ3n) is 3.93. The topological polar surface area (TPSA) is 62.0 Å². The number of alkyl halides is 3. The van der Waals surface area contributed by atoms with Crippen LogP contribution in [0.1, 0.15) is 16.7 Å². The summed E-state index contributed by atoms with van der Waals surface area (Å²) >= 11 is 0. The zero-order valence-corrected chi connectivity index (χ0v) is 13.8. The SMILES string of the molecule is Cc1cc2cc(CC(=O)Nc3cccc(C(F)(F)F)c3)ccc2[nH]c1=O. The Morgan fingerprint density at radius 3 is 2.62 bits per heavy atom. The molecule has 1 amide bonds. The van der Waals surface area contributed by atoms with Gasteiger partial charge in [0.25, 0.3) is 5.56 Å². The van der Waals surface area contributed by atoms with Gasteiger partial charge in [-0.15, -0.1) is 0 Å². The lowest BCUT2D eigenvalue weighted by Gasteiger charge is -2.10. The van der Waals surface area contributed by atoms with Crippen LogP contribution in [0, 0.1) is 6.92 Å². The molecule has 2 N–H and O–H groups in total. The number of hydrogen-bond donors (Lipinski definition) is 2. The Balaban J connectivity index is 1.77. The molecule has 3 aromatic rings. The molecule has 0 atom stereocenters. The van der Waals surface area contributed by atoms with Crippen molar-refractivity contribution in [2.24, 2.45) is 0 Å². The van der Waals surface area contributed by atoms with E-state index in [1.165, 1.54) is 12.1 Å². The van der Waals surface area contributed by atoms with Crippen LogP contribution in [0.5, 0.6) is 0 Å². The van der Waals surface area contributed by atoms with Gasteiger partial charge in [0.05, 0.1) is 12.0 Å². The first-order valence-electron chi connectivity index (χ1n) is 7.82. The first kappa shape index (κ1) is 17.7. The highest BCUT2D eigenvalue weighted by molar-refractivity contribution is 5.93. The van der Waals surface area contributed by atoms with E-state index in [2.05, 4.69) is 10.3 Å². The number of hydrogen-bond acceptors (Lipinski definition) is 2. The maximum Gasteiger partial charge on any atom is 0.416 e. The van der Waals surface area contributed by atoms with Crippen LogP contribution in [0.15, 0.2) is 53.3 Å². The molecule has 0 saturated carbocycles. The molecule has 0 bridgehead atoms. The lowest BCUT2D eigenvalue weighted by molar-refractivity contribution is -0.137. The van der Waals surface area contributed by atoms with Gasteiger partial charge < -0.3 is 10.3 Å². The quantitative estimate of drug-likeness (QED) is 0.741. The highest BCUT2D eigenvalue weighted by atomic mass is 19.4. The van der Waals surface area contributed by atoms with Crippen LogP contribution in [-0.2, 0) is 17.4 Å². The molecule has 0 unspecified atom stereocenters. The van der Waals surface area contributed by atoms with Gasteiger partial charge in [0, 0.05) is 16.8 Å². The highest BCUT2D eigenvalue weighted by Crippen LogP contribution is 2.30. The molecule has 3 rings (SSSR count). The van der Waals surface area contributed by atoms with E-state index in [-0.39, 0.29) is 17.7 Å². The smallest absolute Gasteiger partial charge is 0.326 e. The lowest BCUT2D eigenvalue weighted by atomic mass is 10.1. The summed E-state index contributed by atoms with van der Waals surface area (Å²) in [6.07, 6.45) is -4.46. The Kier molecular flexibility index (Phi) is 4.54. The molecule has 0 fully saturated rings. The second-order valence-electron chi connectivity index (χ2n) is 6.01. The second kappa shape index (κ2) is 6.67. The molecule has 0 aliphatic rings. The van der Waals surface area contributed by atoms with E-state index in [0.29, 0.717) is 16.6 Å². The average Bonchev–Trinajstić information content (AvgIpc) is 2.55. The number of nitrogens with one attached hydrogen (secondary N) is 2. The zero-order valence-electron chi connectivity index (χ0n) is 13.8. The van der Waals surface area contributed by atoms with Crippen molar-refractivity contribution in [1.29, 1.82) is 0 Å². The predicted octanol–water partition coefficient (Wildman–Crippen LogP) is 4.04. The number of benzene rings is 2. The van der Waals surface area contributed by atoms with Gasteiger partial charge in [-0.05, 0) is 54.3 Å². The van der Waals surface area contributed by atoms with Crippen LogP contribution in [0.3, 0.4) is 0 Å². The number of carbonyl (C=O) groups is 1. The van der Waals surface area contributed by atoms with Crippen molar-refractivity contribution in [2.75, 3.05) is 5.32 Å². The fraction of sp³-hybridized carbons (Fsp3) is 0.158. The fourth-order valence-corrected chi connectivity index (χ4v) is 2.64. The van der Waals surface area contributed by atoms with Gasteiger partial charge in [-0.1, -0.05) is 12.1 Å². The monoisotopic (exact) mass is 360 g/mol. The summed E-state index contributed by atoms with van der Waals surface area (Å²) in [5.41, 5.74) is 0.998. The zero-order chi connectivity index (χ0) is 18.9. The number of pyridine rings is 1. The molecular formula is C19H15F3N2O2. The van der Waals surface area contributed by atoms with Crippen molar-refractivity contribution in [2.45, 2.75) is 19.5 Å². The number of rotatable bonds is 3. The Morgan fingerprint density at radius 1 is 1.12 bits per heavy atom. The van der Waals surface area contributed by atoms with Crippen molar-refractivity contribution in [1.82, 2.24) is 4.98 Å². The van der Waals surface area contributed by atoms with Gasteiger partial charge in [0.2, 0.25) is 5.91 Å². The third-order valence-corrected chi connectivity index (χ3v) is 3.93. The van der Waals surface area contributed by atoms with Crippen LogP contribution in [-0.4, -0.2) is 10.9 Å². The van der Waals surface area contributed by atoms with Crippen molar-refractivity contribution < 1.29 is 18.0 Å². The molecule has 26 heavy (non-hydrogen) atoms. The first-order chi connectivity index (χ1) is 12.2. The van der Waals surface area contributed by atoms with E-state index in [4.69, 9.17) is 0 Å². The minimum atomic E-state index is -4.46. The third kappa shape index (κ3) is 3.93. The maximum atomic E-state index is 12.7. The summed E-state index contributed by atoms with van der Waals surface area (Å²) in [7, 11) is 0. The minimum Gasteiger partial charge on any atom is -0.326 e. The fourth-order valence-electron chi connectivity index (χ4n) is 2.64. The van der Waals surface area contributed by atoms with Crippen LogP contribution in [0.4, 0.5) is 18.9 Å². The molecule has 0 aliphatic heterocycles. The van der Waals surface area contributed by atoms with Gasteiger partial charge in [-0.2, -0.15) is 13.2 Å². The molecule has 0 saturated heterocycles. The van der Waals surface area contributed by atoms with E-state index < -0.39 is 17.6 Å². The van der Waals surface area contributed by atoms with Crippen molar-refractivity contribution in [3.05, 3.63) is 75.6 Å². The summed E-state index contributed by atoms with van der Waals surface area (Å²) in [5.74, 6) is -0.426. The minimum absolute atomic E-state index is 0.00432. The van der Waals surface area contributed by atoms with Crippen molar-refractivity contribution in [3.8, 4) is 0 Å². The molecule has 1 aromatic heterocycles. The number of carbonyl (C=O) groups excluding carboxylic acids is 1. The Bertz CT molecular complexity index is 1040. The molecule has 0 aliphatic carbocycles. The summed E-state index contributed by atoms with van der Waals surface area (Å²) in [4.78, 5) is 26.5. The maximum absolute atomic E-state index is 12.7. The predicted molar refractivity (Wildman–Crippen MR) is 93.1 cm³/mol. The van der Waals surface area contributed by atoms with Gasteiger partial charge in [-0.25, -0.2) is 0 Å². The number of aryl methyl sites for hydroxylation is 1. The van der Waals surface area contributed by atoms with Crippen molar-refractivity contribution in [3.63, 3.8) is 0 Å². The molecule has 134 valence electrons. The second-order valence-corrected chi connectivity index (χ2v) is 6.01. The van der Waals surface area contributed by atoms with Crippen molar-refractivity contribution >= 4 is 22.5 Å². The van der Waals surface area contributed by atoms with Gasteiger partial charge in [0.15, 0.2) is 0 Å². The summed E-state index contributed by atoms with van der Waals surface area (Å²) in [6.45, 7) is 1.69. The summed E-state index contributed by atoms with van der Waals surface area (Å²) in [5, 5.41) is 3.26. The van der Waals surface area contributed by atoms with Crippen LogP contribution < -0.4 is 10.9 Å². The molecule has 0 spiro atoms. The van der Waals surface area contributed by atoms with Gasteiger partial charge in [0.1, 0.15) is 0 Å². The molecule has 1 heterocycles. The van der Waals surface area contributed by atoms with E-state index in [9.17, 15) is 22.8 Å². The average molecular weight is 360 g/mol. The number of anilines is 1. The van der Waals surface area contributed by atoms with E-state index in [0.717, 1.165) is 17.5 Å². The first-order valence-corrected chi connectivity index (χ1v) is 7.82. The number of aromatic amines is 1. The molecule has 4 nitrogen and oxygen atoms in total. The number of halogens is 3. The largest absolute Gasteiger partial charge is 0.416 e. The van der Waals surface area contributed by atoms with Crippen LogP contribution >= 0.6 is 0 Å².